The van der Waals surface area contributed by atoms with Crippen molar-refractivity contribution in [1.29, 1.82) is 0 Å². The fourth-order valence-corrected chi connectivity index (χ4v) is 2.67. The van der Waals surface area contributed by atoms with E-state index in [4.69, 9.17) is 11.6 Å². The van der Waals surface area contributed by atoms with Gasteiger partial charge in [-0.15, -0.1) is 0 Å². The molecule has 3 rings (SSSR count). The Morgan fingerprint density at radius 3 is 2.76 bits per heavy atom. The SMILES string of the molecule is Cc1ccc2ccn(Cc3cc(Cl)ccc3[N+](=O)[O-])c2c1. The molecule has 0 bridgehead atoms. The molecule has 0 atom stereocenters. The number of nitro groups is 1. The summed E-state index contributed by atoms with van der Waals surface area (Å²) in [6.07, 6.45) is 1.94. The molecule has 0 amide bonds. The molecule has 5 heteroatoms. The van der Waals surface area contributed by atoms with Crippen molar-refractivity contribution < 1.29 is 4.92 Å². The summed E-state index contributed by atoms with van der Waals surface area (Å²) in [5, 5.41) is 12.8. The van der Waals surface area contributed by atoms with E-state index in [1.165, 1.54) is 6.07 Å². The van der Waals surface area contributed by atoms with Gasteiger partial charge in [0, 0.05) is 22.8 Å². The molecule has 2 aromatic carbocycles. The Balaban J connectivity index is 2.08. The number of fused-ring (bicyclic) bond motifs is 1. The van der Waals surface area contributed by atoms with Crippen LogP contribution in [0.15, 0.2) is 48.7 Å². The van der Waals surface area contributed by atoms with Crippen molar-refractivity contribution in [3.05, 3.63) is 74.9 Å². The summed E-state index contributed by atoms with van der Waals surface area (Å²) in [5.74, 6) is 0. The average molecular weight is 301 g/mol. The van der Waals surface area contributed by atoms with Crippen molar-refractivity contribution in [2.24, 2.45) is 0 Å². The maximum absolute atomic E-state index is 11.1. The largest absolute Gasteiger partial charge is 0.343 e. The summed E-state index contributed by atoms with van der Waals surface area (Å²) >= 11 is 5.97. The summed E-state index contributed by atoms with van der Waals surface area (Å²) in [7, 11) is 0. The molecule has 3 aromatic rings. The predicted octanol–water partition coefficient (Wildman–Crippen LogP) is 4.56. The third-order valence-electron chi connectivity index (χ3n) is 3.51. The van der Waals surface area contributed by atoms with Crippen LogP contribution in [0.4, 0.5) is 5.69 Å². The first-order chi connectivity index (χ1) is 10.0. The first-order valence-corrected chi connectivity index (χ1v) is 6.91. The van der Waals surface area contributed by atoms with Gasteiger partial charge in [0.15, 0.2) is 0 Å². The maximum Gasteiger partial charge on any atom is 0.274 e. The Kier molecular flexibility index (Phi) is 3.39. The van der Waals surface area contributed by atoms with Crippen LogP contribution in [0.5, 0.6) is 0 Å². The molecule has 106 valence electrons. The van der Waals surface area contributed by atoms with Crippen molar-refractivity contribution in [3.63, 3.8) is 0 Å². The predicted molar refractivity (Wildman–Crippen MR) is 83.9 cm³/mol. The second-order valence-electron chi connectivity index (χ2n) is 5.04. The van der Waals surface area contributed by atoms with E-state index < -0.39 is 0 Å². The van der Waals surface area contributed by atoms with Gasteiger partial charge in [0.1, 0.15) is 0 Å². The lowest BCUT2D eigenvalue weighted by molar-refractivity contribution is -0.385. The molecular weight excluding hydrogens is 288 g/mol. The smallest absolute Gasteiger partial charge is 0.274 e. The number of aromatic nitrogens is 1. The van der Waals surface area contributed by atoms with E-state index in [0.29, 0.717) is 17.1 Å². The van der Waals surface area contributed by atoms with Crippen LogP contribution in [0.1, 0.15) is 11.1 Å². The Labute approximate surface area is 126 Å². The molecule has 0 fully saturated rings. The van der Waals surface area contributed by atoms with Crippen molar-refractivity contribution in [3.8, 4) is 0 Å². The van der Waals surface area contributed by atoms with Crippen LogP contribution in [-0.4, -0.2) is 9.49 Å². The molecule has 0 aliphatic heterocycles. The summed E-state index contributed by atoms with van der Waals surface area (Å²) in [6, 6.07) is 12.8. The van der Waals surface area contributed by atoms with Crippen LogP contribution in [0, 0.1) is 17.0 Å². The quantitative estimate of drug-likeness (QED) is 0.526. The Morgan fingerprint density at radius 1 is 1.19 bits per heavy atom. The minimum absolute atomic E-state index is 0.0916. The lowest BCUT2D eigenvalue weighted by Crippen LogP contribution is -2.02. The molecule has 0 radical (unpaired) electrons. The van der Waals surface area contributed by atoms with Gasteiger partial charge in [0.2, 0.25) is 0 Å². The number of halogens is 1. The van der Waals surface area contributed by atoms with E-state index in [0.717, 1.165) is 16.5 Å². The molecule has 21 heavy (non-hydrogen) atoms. The maximum atomic E-state index is 11.1. The highest BCUT2D eigenvalue weighted by atomic mass is 35.5. The highest BCUT2D eigenvalue weighted by Gasteiger charge is 2.15. The molecule has 1 heterocycles. The van der Waals surface area contributed by atoms with E-state index in [-0.39, 0.29) is 10.6 Å². The van der Waals surface area contributed by atoms with E-state index in [9.17, 15) is 10.1 Å². The number of nitro benzene ring substituents is 1. The minimum atomic E-state index is -0.372. The monoisotopic (exact) mass is 300 g/mol. The molecule has 0 aliphatic rings. The second kappa shape index (κ2) is 5.22. The van der Waals surface area contributed by atoms with Crippen molar-refractivity contribution in [2.45, 2.75) is 13.5 Å². The molecule has 1 aromatic heterocycles. The van der Waals surface area contributed by atoms with E-state index in [1.54, 1.807) is 12.1 Å². The molecular formula is C16H13ClN2O2. The van der Waals surface area contributed by atoms with Gasteiger partial charge in [0.25, 0.3) is 5.69 Å². The van der Waals surface area contributed by atoms with Crippen LogP contribution < -0.4 is 0 Å². The van der Waals surface area contributed by atoms with Gasteiger partial charge < -0.3 is 4.57 Å². The third kappa shape index (κ3) is 2.62. The third-order valence-corrected chi connectivity index (χ3v) is 3.74. The fourth-order valence-electron chi connectivity index (χ4n) is 2.47. The zero-order valence-corrected chi connectivity index (χ0v) is 12.2. The topological polar surface area (TPSA) is 48.1 Å². The van der Waals surface area contributed by atoms with E-state index in [1.807, 2.05) is 29.8 Å². The van der Waals surface area contributed by atoms with Crippen LogP contribution in [0.2, 0.25) is 5.02 Å². The Bertz CT molecular complexity index is 839. The lowest BCUT2D eigenvalue weighted by atomic mass is 10.1. The van der Waals surface area contributed by atoms with Gasteiger partial charge >= 0.3 is 0 Å². The highest BCUT2D eigenvalue weighted by Crippen LogP contribution is 2.26. The Hall–Kier alpha value is -2.33. The minimum Gasteiger partial charge on any atom is -0.343 e. The van der Waals surface area contributed by atoms with Crippen LogP contribution in [-0.2, 0) is 6.54 Å². The highest BCUT2D eigenvalue weighted by molar-refractivity contribution is 6.30. The van der Waals surface area contributed by atoms with Gasteiger partial charge in [-0.3, -0.25) is 10.1 Å². The molecule has 0 unspecified atom stereocenters. The first-order valence-electron chi connectivity index (χ1n) is 6.53. The van der Waals surface area contributed by atoms with Crippen molar-refractivity contribution >= 4 is 28.2 Å². The lowest BCUT2D eigenvalue weighted by Gasteiger charge is -2.07. The van der Waals surface area contributed by atoms with E-state index in [2.05, 4.69) is 12.1 Å². The zero-order valence-electron chi connectivity index (χ0n) is 11.4. The van der Waals surface area contributed by atoms with E-state index >= 15 is 0 Å². The van der Waals surface area contributed by atoms with Crippen LogP contribution in [0.3, 0.4) is 0 Å². The molecule has 0 aliphatic carbocycles. The summed E-state index contributed by atoms with van der Waals surface area (Å²) in [5.41, 5.74) is 2.91. The summed E-state index contributed by atoms with van der Waals surface area (Å²) in [4.78, 5) is 10.8. The number of aryl methyl sites for hydroxylation is 1. The standard InChI is InChI=1S/C16H13ClN2O2/c1-11-2-3-12-6-7-18(16(12)8-11)10-13-9-14(17)4-5-15(13)19(20)21/h2-9H,10H2,1H3. The number of rotatable bonds is 3. The first kappa shape index (κ1) is 13.6. The van der Waals surface area contributed by atoms with Crippen LogP contribution in [0.25, 0.3) is 10.9 Å². The number of nitrogens with zero attached hydrogens (tertiary/aromatic N) is 2. The Morgan fingerprint density at radius 2 is 2.00 bits per heavy atom. The average Bonchev–Trinajstić information content (AvgIpc) is 2.81. The van der Waals surface area contributed by atoms with Crippen LogP contribution >= 0.6 is 11.6 Å². The number of hydrogen-bond donors (Lipinski definition) is 0. The van der Waals surface area contributed by atoms with Crippen molar-refractivity contribution in [2.75, 3.05) is 0 Å². The van der Waals surface area contributed by atoms with Gasteiger partial charge in [-0.1, -0.05) is 23.7 Å². The molecule has 0 N–H and O–H groups in total. The molecule has 0 saturated carbocycles. The number of benzene rings is 2. The van der Waals surface area contributed by atoms with Gasteiger partial charge in [-0.05, 0) is 42.1 Å². The molecule has 0 saturated heterocycles. The summed E-state index contributed by atoms with van der Waals surface area (Å²) < 4.78 is 2.00. The van der Waals surface area contributed by atoms with Crippen molar-refractivity contribution in [1.82, 2.24) is 4.57 Å². The normalized spacial score (nSPS) is 11.0. The zero-order chi connectivity index (χ0) is 15.0. The van der Waals surface area contributed by atoms with Gasteiger partial charge in [-0.2, -0.15) is 0 Å². The number of hydrogen-bond acceptors (Lipinski definition) is 2. The molecule has 0 spiro atoms. The second-order valence-corrected chi connectivity index (χ2v) is 5.47. The fraction of sp³-hybridized carbons (Fsp3) is 0.125. The molecule has 4 nitrogen and oxygen atoms in total. The van der Waals surface area contributed by atoms with Gasteiger partial charge in [-0.25, -0.2) is 0 Å². The van der Waals surface area contributed by atoms with Gasteiger partial charge in [0.05, 0.1) is 17.0 Å². The summed E-state index contributed by atoms with van der Waals surface area (Å²) in [6.45, 7) is 2.45.